The number of hydrogen-bond donors (Lipinski definition) is 1. The maximum absolute atomic E-state index is 13.8. The van der Waals surface area contributed by atoms with Crippen LogP contribution in [0.1, 0.15) is 11.1 Å². The van der Waals surface area contributed by atoms with Crippen LogP contribution in [0.4, 0.5) is 10.1 Å². The quantitative estimate of drug-likeness (QED) is 0.501. The first-order valence-corrected chi connectivity index (χ1v) is 10.3. The van der Waals surface area contributed by atoms with Gasteiger partial charge in [0.2, 0.25) is 0 Å². The molecule has 1 amide bonds. The van der Waals surface area contributed by atoms with Crippen molar-refractivity contribution in [3.8, 4) is 5.75 Å². The Morgan fingerprint density at radius 2 is 1.87 bits per heavy atom. The van der Waals surface area contributed by atoms with Crippen LogP contribution >= 0.6 is 23.4 Å². The normalized spacial score (nSPS) is 16.1. The summed E-state index contributed by atoms with van der Waals surface area (Å²) in [6, 6.07) is 21.0. The maximum Gasteiger partial charge on any atom is 0.264 e. The number of nitrogens with one attached hydrogen (secondary N) is 1. The highest BCUT2D eigenvalue weighted by Crippen LogP contribution is 2.31. The second-order valence-electron chi connectivity index (χ2n) is 6.39. The SMILES string of the molecule is O=C1NC(=Nc2ccccc2F)S/C1=C\c1ccccc1OCc1cccc(Cl)c1. The average Bonchev–Trinajstić information content (AvgIpc) is 3.08. The summed E-state index contributed by atoms with van der Waals surface area (Å²) in [7, 11) is 0. The van der Waals surface area contributed by atoms with Crippen molar-refractivity contribution in [3.05, 3.63) is 99.7 Å². The lowest BCUT2D eigenvalue weighted by molar-refractivity contribution is -0.115. The fourth-order valence-electron chi connectivity index (χ4n) is 2.79. The molecule has 0 bridgehead atoms. The van der Waals surface area contributed by atoms with E-state index in [2.05, 4.69) is 10.3 Å². The highest BCUT2D eigenvalue weighted by Gasteiger charge is 2.24. The molecule has 3 aromatic rings. The molecule has 0 saturated carbocycles. The summed E-state index contributed by atoms with van der Waals surface area (Å²) in [6.45, 7) is 0.347. The number of hydrogen-bond acceptors (Lipinski definition) is 4. The highest BCUT2D eigenvalue weighted by atomic mass is 35.5. The van der Waals surface area contributed by atoms with Crippen molar-refractivity contribution in [3.63, 3.8) is 0 Å². The molecule has 0 atom stereocenters. The van der Waals surface area contributed by atoms with E-state index in [1.54, 1.807) is 30.3 Å². The number of para-hydroxylation sites is 2. The van der Waals surface area contributed by atoms with Crippen LogP contribution < -0.4 is 10.1 Å². The Bertz CT molecular complexity index is 1160. The van der Waals surface area contributed by atoms with Gasteiger partial charge < -0.3 is 10.1 Å². The van der Waals surface area contributed by atoms with Crippen molar-refractivity contribution in [2.45, 2.75) is 6.61 Å². The van der Waals surface area contributed by atoms with Crippen LogP contribution in [0, 0.1) is 5.82 Å². The van der Waals surface area contributed by atoms with Gasteiger partial charge in [0.05, 0.1) is 4.91 Å². The van der Waals surface area contributed by atoms with Gasteiger partial charge in [-0.2, -0.15) is 0 Å². The molecule has 0 spiro atoms. The Kier molecular flexibility index (Phi) is 6.16. The summed E-state index contributed by atoms with van der Waals surface area (Å²) < 4.78 is 19.8. The van der Waals surface area contributed by atoms with E-state index in [1.165, 1.54) is 6.07 Å². The zero-order valence-electron chi connectivity index (χ0n) is 15.6. The van der Waals surface area contributed by atoms with Crippen LogP contribution in [0.25, 0.3) is 6.08 Å². The maximum atomic E-state index is 13.8. The molecule has 1 fully saturated rings. The smallest absolute Gasteiger partial charge is 0.264 e. The Balaban J connectivity index is 1.53. The van der Waals surface area contributed by atoms with E-state index in [0.717, 1.165) is 22.9 Å². The first-order chi connectivity index (χ1) is 14.6. The molecule has 4 rings (SSSR count). The van der Waals surface area contributed by atoms with Crippen LogP contribution in [-0.2, 0) is 11.4 Å². The molecule has 1 aliphatic heterocycles. The average molecular weight is 439 g/mol. The number of ether oxygens (including phenoxy) is 1. The minimum absolute atomic E-state index is 0.173. The molecule has 150 valence electrons. The van der Waals surface area contributed by atoms with Crippen LogP contribution in [0.15, 0.2) is 82.7 Å². The third kappa shape index (κ3) is 4.90. The second kappa shape index (κ2) is 9.15. The monoisotopic (exact) mass is 438 g/mol. The van der Waals surface area contributed by atoms with Crippen molar-refractivity contribution in [1.29, 1.82) is 0 Å². The van der Waals surface area contributed by atoms with E-state index in [0.29, 0.717) is 27.5 Å². The van der Waals surface area contributed by atoms with Crippen LogP contribution in [0.2, 0.25) is 5.02 Å². The molecular formula is C23H16ClFN2O2S. The molecule has 0 aliphatic carbocycles. The molecule has 0 radical (unpaired) electrons. The number of amides is 1. The molecular weight excluding hydrogens is 423 g/mol. The summed E-state index contributed by atoms with van der Waals surface area (Å²) >= 11 is 7.17. The van der Waals surface area contributed by atoms with E-state index >= 15 is 0 Å². The largest absolute Gasteiger partial charge is 0.488 e. The molecule has 1 heterocycles. The number of carbonyl (C=O) groups excluding carboxylic acids is 1. The minimum Gasteiger partial charge on any atom is -0.488 e. The van der Waals surface area contributed by atoms with Crippen molar-refractivity contribution < 1.29 is 13.9 Å². The zero-order valence-corrected chi connectivity index (χ0v) is 17.2. The first kappa shape index (κ1) is 20.2. The summed E-state index contributed by atoms with van der Waals surface area (Å²) in [4.78, 5) is 17.0. The molecule has 30 heavy (non-hydrogen) atoms. The Labute approximate surface area is 182 Å². The van der Waals surface area contributed by atoms with E-state index in [-0.39, 0.29) is 11.6 Å². The Morgan fingerprint density at radius 1 is 1.07 bits per heavy atom. The van der Waals surface area contributed by atoms with E-state index in [4.69, 9.17) is 16.3 Å². The van der Waals surface area contributed by atoms with Gasteiger partial charge in [-0.15, -0.1) is 0 Å². The topological polar surface area (TPSA) is 50.7 Å². The van der Waals surface area contributed by atoms with Crippen molar-refractivity contribution >= 4 is 46.2 Å². The lowest BCUT2D eigenvalue weighted by atomic mass is 10.2. The number of thioether (sulfide) groups is 1. The molecule has 1 aliphatic rings. The van der Waals surface area contributed by atoms with E-state index in [1.807, 2.05) is 42.5 Å². The first-order valence-electron chi connectivity index (χ1n) is 9.09. The van der Waals surface area contributed by atoms with Gasteiger partial charge in [0.1, 0.15) is 23.9 Å². The van der Waals surface area contributed by atoms with Crippen LogP contribution in [0.5, 0.6) is 5.75 Å². The number of rotatable bonds is 5. The lowest BCUT2D eigenvalue weighted by Gasteiger charge is -2.09. The predicted molar refractivity (Wildman–Crippen MR) is 119 cm³/mol. The summed E-state index contributed by atoms with van der Waals surface area (Å²) in [6.07, 6.45) is 1.73. The highest BCUT2D eigenvalue weighted by molar-refractivity contribution is 8.18. The summed E-state index contributed by atoms with van der Waals surface area (Å²) in [5.74, 6) is -0.102. The fourth-order valence-corrected chi connectivity index (χ4v) is 3.83. The van der Waals surface area contributed by atoms with Gasteiger partial charge >= 0.3 is 0 Å². The number of carbonyl (C=O) groups is 1. The van der Waals surface area contributed by atoms with Crippen LogP contribution in [0.3, 0.4) is 0 Å². The molecule has 7 heteroatoms. The molecule has 0 aromatic heterocycles. The molecule has 0 unspecified atom stereocenters. The Hall–Kier alpha value is -3.09. The number of benzene rings is 3. The Morgan fingerprint density at radius 3 is 2.70 bits per heavy atom. The zero-order chi connectivity index (χ0) is 20.9. The molecule has 1 N–H and O–H groups in total. The minimum atomic E-state index is -0.447. The predicted octanol–water partition coefficient (Wildman–Crippen LogP) is 5.95. The van der Waals surface area contributed by atoms with Gasteiger partial charge in [-0.25, -0.2) is 9.38 Å². The molecule has 3 aromatic carbocycles. The van der Waals surface area contributed by atoms with E-state index < -0.39 is 5.82 Å². The van der Waals surface area contributed by atoms with Gasteiger partial charge in [0, 0.05) is 10.6 Å². The van der Waals surface area contributed by atoms with Crippen molar-refractivity contribution in [1.82, 2.24) is 5.32 Å². The fraction of sp³-hybridized carbons (Fsp3) is 0.0435. The van der Waals surface area contributed by atoms with Gasteiger partial charge in [-0.3, -0.25) is 4.79 Å². The third-order valence-corrected chi connectivity index (χ3v) is 5.36. The molecule has 4 nitrogen and oxygen atoms in total. The van der Waals surface area contributed by atoms with Crippen molar-refractivity contribution in [2.75, 3.05) is 0 Å². The number of aliphatic imine (C=N–C) groups is 1. The van der Waals surface area contributed by atoms with Crippen molar-refractivity contribution in [2.24, 2.45) is 4.99 Å². The third-order valence-electron chi connectivity index (χ3n) is 4.21. The van der Waals surface area contributed by atoms with Gasteiger partial charge in [-0.1, -0.05) is 54.1 Å². The van der Waals surface area contributed by atoms with Gasteiger partial charge in [-0.05, 0) is 53.7 Å². The number of amidine groups is 1. The molecule has 1 saturated heterocycles. The lowest BCUT2D eigenvalue weighted by Crippen LogP contribution is -2.19. The second-order valence-corrected chi connectivity index (χ2v) is 7.86. The van der Waals surface area contributed by atoms with E-state index in [9.17, 15) is 9.18 Å². The standard InChI is InChI=1S/C23H16ClFN2O2S/c24-17-8-5-6-15(12-17)14-29-20-11-4-1-7-16(20)13-21-22(28)27-23(30-21)26-19-10-3-2-9-18(19)25/h1-13H,14H2,(H,26,27,28)/b21-13-. The van der Waals surface area contributed by atoms with Gasteiger partial charge in [0.25, 0.3) is 5.91 Å². The van der Waals surface area contributed by atoms with Gasteiger partial charge in [0.15, 0.2) is 5.17 Å². The summed E-state index contributed by atoms with van der Waals surface area (Å²) in [5.41, 5.74) is 1.87. The number of halogens is 2. The van der Waals surface area contributed by atoms with Crippen LogP contribution in [-0.4, -0.2) is 11.1 Å². The number of nitrogens with zero attached hydrogens (tertiary/aromatic N) is 1. The summed E-state index contributed by atoms with van der Waals surface area (Å²) in [5, 5.41) is 3.64.